The van der Waals surface area contributed by atoms with Crippen LogP contribution in [0, 0.1) is 0 Å². The summed E-state index contributed by atoms with van der Waals surface area (Å²) >= 11 is 5.92. The average molecular weight is 337 g/mol. The molecule has 0 amide bonds. The molecule has 3 heteroatoms. The van der Waals surface area contributed by atoms with Gasteiger partial charge in [0, 0.05) is 16.5 Å². The third kappa shape index (κ3) is 2.79. The molecule has 0 fully saturated rings. The summed E-state index contributed by atoms with van der Waals surface area (Å²) in [5.74, 6) is 1.62. The highest BCUT2D eigenvalue weighted by atomic mass is 35.5. The van der Waals surface area contributed by atoms with Crippen LogP contribution < -0.4 is 4.74 Å². The normalized spacial score (nSPS) is 19.1. The molecule has 0 aliphatic heterocycles. The molecular weight excluding hydrogens is 320 g/mol. The Morgan fingerprint density at radius 2 is 1.62 bits per heavy atom. The molecule has 0 heterocycles. The number of aliphatic hydroxyl groups excluding tert-OH is 1. The first kappa shape index (κ1) is 15.3. The number of rotatable bonds is 3. The van der Waals surface area contributed by atoms with E-state index in [1.807, 2.05) is 42.5 Å². The summed E-state index contributed by atoms with van der Waals surface area (Å²) in [4.78, 5) is 0. The Bertz CT molecular complexity index is 843. The first-order valence-electron chi connectivity index (χ1n) is 8.01. The van der Waals surface area contributed by atoms with E-state index < -0.39 is 6.10 Å². The maximum absolute atomic E-state index is 10.6. The topological polar surface area (TPSA) is 29.5 Å². The third-order valence-electron chi connectivity index (χ3n) is 4.51. The van der Waals surface area contributed by atoms with Gasteiger partial charge in [0.1, 0.15) is 11.5 Å². The van der Waals surface area contributed by atoms with E-state index in [9.17, 15) is 5.11 Å². The van der Waals surface area contributed by atoms with Crippen LogP contribution in [0.5, 0.6) is 11.5 Å². The molecule has 120 valence electrons. The van der Waals surface area contributed by atoms with Crippen molar-refractivity contribution in [2.45, 2.75) is 18.4 Å². The molecule has 0 bridgehead atoms. The van der Waals surface area contributed by atoms with Crippen molar-refractivity contribution < 1.29 is 9.84 Å². The van der Waals surface area contributed by atoms with Crippen LogP contribution in [-0.2, 0) is 0 Å². The zero-order valence-corrected chi connectivity index (χ0v) is 13.8. The zero-order valence-electron chi connectivity index (χ0n) is 13.0. The second-order valence-electron chi connectivity index (χ2n) is 6.03. The van der Waals surface area contributed by atoms with Crippen molar-refractivity contribution >= 4 is 11.6 Å². The molecule has 0 saturated heterocycles. The van der Waals surface area contributed by atoms with E-state index in [1.54, 1.807) is 12.1 Å². The molecule has 0 radical (unpaired) electrons. The van der Waals surface area contributed by atoms with Crippen LogP contribution in [-0.4, -0.2) is 5.11 Å². The van der Waals surface area contributed by atoms with Gasteiger partial charge in [0.05, 0.1) is 6.10 Å². The number of halogens is 1. The van der Waals surface area contributed by atoms with Crippen molar-refractivity contribution in [3.63, 3.8) is 0 Å². The average Bonchev–Trinajstić information content (AvgIpc) is 2.96. The van der Waals surface area contributed by atoms with Crippen molar-refractivity contribution in [3.05, 3.63) is 94.5 Å². The highest BCUT2D eigenvalue weighted by Crippen LogP contribution is 2.48. The van der Waals surface area contributed by atoms with E-state index in [-0.39, 0.29) is 5.92 Å². The zero-order chi connectivity index (χ0) is 16.5. The molecule has 0 spiro atoms. The molecule has 0 saturated carbocycles. The second kappa shape index (κ2) is 6.31. The summed E-state index contributed by atoms with van der Waals surface area (Å²) in [5, 5.41) is 11.3. The van der Waals surface area contributed by atoms with Gasteiger partial charge in [-0.2, -0.15) is 0 Å². The molecule has 2 atom stereocenters. The van der Waals surface area contributed by atoms with Gasteiger partial charge in [0.2, 0.25) is 0 Å². The van der Waals surface area contributed by atoms with E-state index >= 15 is 0 Å². The van der Waals surface area contributed by atoms with Gasteiger partial charge in [0.25, 0.3) is 0 Å². The number of hydrogen-bond acceptors (Lipinski definition) is 2. The van der Waals surface area contributed by atoms with Gasteiger partial charge in [-0.25, -0.2) is 0 Å². The van der Waals surface area contributed by atoms with E-state index in [2.05, 4.69) is 18.2 Å². The van der Waals surface area contributed by atoms with Crippen molar-refractivity contribution in [3.8, 4) is 11.5 Å². The minimum atomic E-state index is -0.520. The SMILES string of the molecule is O[C@H]1C[C@H](c2ccccc2)c2cccc(Oc3ccc(Cl)cc3)c21. The van der Waals surface area contributed by atoms with Crippen molar-refractivity contribution in [2.75, 3.05) is 0 Å². The molecule has 24 heavy (non-hydrogen) atoms. The Morgan fingerprint density at radius 3 is 2.38 bits per heavy atom. The smallest absolute Gasteiger partial charge is 0.133 e. The fourth-order valence-corrected chi connectivity index (χ4v) is 3.54. The van der Waals surface area contributed by atoms with Gasteiger partial charge in [-0.1, -0.05) is 54.1 Å². The molecule has 1 aliphatic rings. The van der Waals surface area contributed by atoms with Gasteiger partial charge >= 0.3 is 0 Å². The van der Waals surface area contributed by atoms with Gasteiger partial charge < -0.3 is 9.84 Å². The summed E-state index contributed by atoms with van der Waals surface area (Å²) in [5.41, 5.74) is 3.25. The molecular formula is C21H17ClO2. The van der Waals surface area contributed by atoms with Crippen LogP contribution in [0.3, 0.4) is 0 Å². The van der Waals surface area contributed by atoms with Gasteiger partial charge in [-0.05, 0) is 47.9 Å². The lowest BCUT2D eigenvalue weighted by Crippen LogP contribution is -1.96. The minimum absolute atomic E-state index is 0.199. The van der Waals surface area contributed by atoms with Gasteiger partial charge in [-0.15, -0.1) is 0 Å². The second-order valence-corrected chi connectivity index (χ2v) is 6.47. The largest absolute Gasteiger partial charge is 0.457 e. The first-order valence-corrected chi connectivity index (χ1v) is 8.39. The highest BCUT2D eigenvalue weighted by Gasteiger charge is 2.33. The predicted molar refractivity (Wildman–Crippen MR) is 95.8 cm³/mol. The molecule has 0 aromatic heterocycles. The number of aliphatic hydroxyl groups is 1. The molecule has 3 aromatic carbocycles. The van der Waals surface area contributed by atoms with Crippen LogP contribution >= 0.6 is 11.6 Å². The van der Waals surface area contributed by atoms with Crippen LogP contribution in [0.25, 0.3) is 0 Å². The van der Waals surface area contributed by atoms with E-state index in [0.717, 1.165) is 11.1 Å². The summed E-state index contributed by atoms with van der Waals surface area (Å²) in [6.45, 7) is 0. The summed E-state index contributed by atoms with van der Waals surface area (Å²) < 4.78 is 6.01. The lowest BCUT2D eigenvalue weighted by atomic mass is 9.93. The maximum Gasteiger partial charge on any atom is 0.133 e. The molecule has 1 N–H and O–H groups in total. The van der Waals surface area contributed by atoms with Crippen molar-refractivity contribution in [1.29, 1.82) is 0 Å². The number of benzene rings is 3. The molecule has 0 unspecified atom stereocenters. The number of ether oxygens (including phenoxy) is 1. The highest BCUT2D eigenvalue weighted by molar-refractivity contribution is 6.30. The van der Waals surface area contributed by atoms with E-state index in [0.29, 0.717) is 22.9 Å². The molecule has 3 aromatic rings. The van der Waals surface area contributed by atoms with Gasteiger partial charge in [-0.3, -0.25) is 0 Å². The summed E-state index contributed by atoms with van der Waals surface area (Å²) in [6.07, 6.45) is 0.161. The predicted octanol–water partition coefficient (Wildman–Crippen LogP) is 5.70. The monoisotopic (exact) mass is 336 g/mol. The molecule has 4 rings (SSSR count). The fourth-order valence-electron chi connectivity index (χ4n) is 3.41. The van der Waals surface area contributed by atoms with Crippen LogP contribution in [0.1, 0.15) is 35.1 Å². The lowest BCUT2D eigenvalue weighted by molar-refractivity contribution is 0.173. The molecule has 1 aliphatic carbocycles. The Hall–Kier alpha value is -2.29. The minimum Gasteiger partial charge on any atom is -0.457 e. The fraction of sp³-hybridized carbons (Fsp3) is 0.143. The maximum atomic E-state index is 10.6. The number of hydrogen-bond donors (Lipinski definition) is 1. The summed E-state index contributed by atoms with van der Waals surface area (Å²) in [6, 6.07) is 23.5. The van der Waals surface area contributed by atoms with Crippen molar-refractivity contribution in [2.24, 2.45) is 0 Å². The van der Waals surface area contributed by atoms with E-state index in [1.165, 1.54) is 5.56 Å². The third-order valence-corrected chi connectivity index (χ3v) is 4.76. The van der Waals surface area contributed by atoms with E-state index in [4.69, 9.17) is 16.3 Å². The lowest BCUT2D eigenvalue weighted by Gasteiger charge is -2.14. The Balaban J connectivity index is 1.72. The quantitative estimate of drug-likeness (QED) is 0.664. The Morgan fingerprint density at radius 1 is 0.875 bits per heavy atom. The van der Waals surface area contributed by atoms with Gasteiger partial charge in [0.15, 0.2) is 0 Å². The standard InChI is InChI=1S/C21H17ClO2/c22-15-9-11-16(12-10-15)24-20-8-4-7-17-18(13-19(23)21(17)20)14-5-2-1-3-6-14/h1-12,18-19,23H,13H2/t18-,19+/m1/s1. The van der Waals surface area contributed by atoms with Crippen molar-refractivity contribution in [1.82, 2.24) is 0 Å². The van der Waals surface area contributed by atoms with Crippen LogP contribution in [0.15, 0.2) is 72.8 Å². The summed E-state index contributed by atoms with van der Waals surface area (Å²) in [7, 11) is 0. The Kier molecular flexibility index (Phi) is 4.01. The van der Waals surface area contributed by atoms with Crippen LogP contribution in [0.2, 0.25) is 5.02 Å². The molecule has 2 nitrogen and oxygen atoms in total. The first-order chi connectivity index (χ1) is 11.7. The Labute approximate surface area is 146 Å². The van der Waals surface area contributed by atoms with Crippen LogP contribution in [0.4, 0.5) is 0 Å². The number of fused-ring (bicyclic) bond motifs is 1.